The van der Waals surface area contributed by atoms with Crippen molar-refractivity contribution < 1.29 is 18.7 Å². The van der Waals surface area contributed by atoms with Crippen molar-refractivity contribution >= 4 is 28.4 Å². The van der Waals surface area contributed by atoms with Crippen LogP contribution in [0.15, 0.2) is 89.6 Å². The predicted octanol–water partition coefficient (Wildman–Crippen LogP) is 5.88. The smallest absolute Gasteiger partial charge is 0.336 e. The van der Waals surface area contributed by atoms with Crippen LogP contribution in [-0.4, -0.2) is 23.4 Å². The summed E-state index contributed by atoms with van der Waals surface area (Å²) in [6, 6.07) is 22.1. The monoisotopic (exact) mass is 492 g/mol. The van der Waals surface area contributed by atoms with Gasteiger partial charge in [0.1, 0.15) is 5.82 Å². The van der Waals surface area contributed by atoms with Crippen LogP contribution in [0.25, 0.3) is 16.6 Å². The third-order valence-electron chi connectivity index (χ3n) is 7.51. The fourth-order valence-electron chi connectivity index (χ4n) is 5.82. The molecule has 2 aliphatic rings. The maximum absolute atomic E-state index is 14.7. The number of benzene rings is 3. The second-order valence-corrected chi connectivity index (χ2v) is 9.45. The number of dihydropyridines is 1. The largest absolute Gasteiger partial charge is 0.466 e. The van der Waals surface area contributed by atoms with E-state index in [1.54, 1.807) is 12.1 Å². The number of carbonyl (C=O) groups is 2. The number of carbonyl (C=O) groups excluding carboxylic acids is 2. The van der Waals surface area contributed by atoms with Crippen LogP contribution in [0.2, 0.25) is 0 Å². The first-order valence-electron chi connectivity index (χ1n) is 12.2. The molecule has 0 fully saturated rings. The Balaban J connectivity index is 1.63. The zero-order valence-corrected chi connectivity index (χ0v) is 20.8. The molecule has 37 heavy (non-hydrogen) atoms. The van der Waals surface area contributed by atoms with Gasteiger partial charge in [-0.05, 0) is 31.5 Å². The molecule has 1 aliphatic carbocycles. The molecule has 1 atom stereocenters. The molecular weight excluding hydrogens is 467 g/mol. The van der Waals surface area contributed by atoms with Gasteiger partial charge in [-0.3, -0.25) is 4.79 Å². The highest BCUT2D eigenvalue weighted by Gasteiger charge is 2.44. The third-order valence-corrected chi connectivity index (χ3v) is 7.51. The number of nitrogens with zero attached hydrogens (tertiary/aromatic N) is 1. The van der Waals surface area contributed by atoms with E-state index in [4.69, 9.17) is 4.74 Å². The van der Waals surface area contributed by atoms with E-state index in [1.165, 1.54) is 13.2 Å². The number of aromatic nitrogens is 1. The summed E-state index contributed by atoms with van der Waals surface area (Å²) >= 11 is 0. The van der Waals surface area contributed by atoms with Crippen LogP contribution in [-0.2, 0) is 16.1 Å². The summed E-state index contributed by atoms with van der Waals surface area (Å²) in [6.45, 7) is 4.12. The lowest BCUT2D eigenvalue weighted by molar-refractivity contribution is -0.136. The molecule has 0 saturated carbocycles. The van der Waals surface area contributed by atoms with E-state index in [1.807, 2.05) is 68.4 Å². The SMILES string of the molecule is COC(=O)C1=C(C)NC2=C(C(=O)c3ccccc32)[C@@H]1c1c(C)n(Cc2ccccc2F)c2ccccc12. The minimum absolute atomic E-state index is 0.109. The molecule has 3 aromatic carbocycles. The molecule has 1 aliphatic heterocycles. The van der Waals surface area contributed by atoms with E-state index >= 15 is 0 Å². The van der Waals surface area contributed by atoms with Crippen LogP contribution < -0.4 is 5.32 Å². The molecule has 0 bridgehead atoms. The molecular formula is C31H25FN2O3. The topological polar surface area (TPSA) is 60.3 Å². The molecule has 5 nitrogen and oxygen atoms in total. The maximum Gasteiger partial charge on any atom is 0.336 e. The Morgan fingerprint density at radius 3 is 2.41 bits per heavy atom. The number of halogens is 1. The first-order chi connectivity index (χ1) is 17.9. The van der Waals surface area contributed by atoms with Crippen molar-refractivity contribution in [2.24, 2.45) is 0 Å². The number of esters is 1. The molecule has 0 spiro atoms. The molecule has 2 heterocycles. The Hall–Kier alpha value is -4.45. The first kappa shape index (κ1) is 23.0. The third kappa shape index (κ3) is 3.36. The van der Waals surface area contributed by atoms with Gasteiger partial charge in [-0.15, -0.1) is 0 Å². The second kappa shape index (κ2) is 8.59. The van der Waals surface area contributed by atoms with Gasteiger partial charge in [-0.25, -0.2) is 9.18 Å². The van der Waals surface area contributed by atoms with Gasteiger partial charge in [0.05, 0.1) is 30.8 Å². The molecule has 1 aromatic heterocycles. The van der Waals surface area contributed by atoms with Crippen LogP contribution in [0.4, 0.5) is 4.39 Å². The standard InChI is InChI=1S/C31H25FN2O3/c1-17-25(31(36)37-3)27(28-29(33-17)20-11-5-6-12-21(20)30(28)35)26-18(2)34(24-15-9-7-13-22(24)26)16-19-10-4-8-14-23(19)32/h4-15,27,33H,16H2,1-3H3/t27-/m0/s1. The van der Waals surface area contributed by atoms with Crippen LogP contribution in [0.1, 0.15) is 45.6 Å². The van der Waals surface area contributed by atoms with E-state index in [9.17, 15) is 14.0 Å². The van der Waals surface area contributed by atoms with E-state index in [-0.39, 0.29) is 11.6 Å². The van der Waals surface area contributed by atoms with Gasteiger partial charge in [-0.2, -0.15) is 0 Å². The zero-order chi connectivity index (χ0) is 25.8. The average molecular weight is 493 g/mol. The van der Waals surface area contributed by atoms with E-state index in [0.717, 1.165) is 33.4 Å². The summed E-state index contributed by atoms with van der Waals surface area (Å²) in [4.78, 5) is 27.0. The summed E-state index contributed by atoms with van der Waals surface area (Å²) < 4.78 is 21.9. The minimum atomic E-state index is -0.643. The van der Waals surface area contributed by atoms with Crippen LogP contribution >= 0.6 is 0 Å². The highest BCUT2D eigenvalue weighted by molar-refractivity contribution is 6.23. The van der Waals surface area contributed by atoms with Crippen molar-refractivity contribution in [3.63, 3.8) is 0 Å². The summed E-state index contributed by atoms with van der Waals surface area (Å²) in [5, 5.41) is 4.24. The van der Waals surface area contributed by atoms with Crippen LogP contribution in [0.3, 0.4) is 0 Å². The minimum Gasteiger partial charge on any atom is -0.466 e. The number of allylic oxidation sites excluding steroid dienone is 2. The molecule has 6 heteroatoms. The number of nitrogens with one attached hydrogen (secondary N) is 1. The lowest BCUT2D eigenvalue weighted by atomic mass is 9.78. The lowest BCUT2D eigenvalue weighted by Crippen LogP contribution is -2.29. The number of rotatable bonds is 4. The lowest BCUT2D eigenvalue weighted by Gasteiger charge is -2.29. The number of para-hydroxylation sites is 1. The molecule has 6 rings (SSSR count). The summed E-state index contributed by atoms with van der Waals surface area (Å²) in [5.74, 6) is -1.52. The van der Waals surface area contributed by atoms with Crippen molar-refractivity contribution in [3.8, 4) is 0 Å². The number of methoxy groups -OCH3 is 1. The summed E-state index contributed by atoms with van der Waals surface area (Å²) in [5.41, 5.74) is 6.91. The molecule has 0 unspecified atom stereocenters. The number of fused-ring (bicyclic) bond motifs is 3. The van der Waals surface area contributed by atoms with Gasteiger partial charge in [0, 0.05) is 44.6 Å². The van der Waals surface area contributed by atoms with Gasteiger partial charge < -0.3 is 14.6 Å². The Morgan fingerprint density at radius 1 is 0.973 bits per heavy atom. The number of Topliss-reactive ketones (excluding diaryl/α,β-unsaturated/α-hetero) is 1. The van der Waals surface area contributed by atoms with Crippen molar-refractivity contribution in [1.82, 2.24) is 9.88 Å². The Bertz CT molecular complexity index is 1690. The highest BCUT2D eigenvalue weighted by atomic mass is 19.1. The van der Waals surface area contributed by atoms with Crippen molar-refractivity contribution in [2.75, 3.05) is 7.11 Å². The molecule has 0 saturated heterocycles. The summed E-state index contributed by atoms with van der Waals surface area (Å²) in [7, 11) is 1.35. The van der Waals surface area contributed by atoms with Crippen LogP contribution in [0.5, 0.6) is 0 Å². The normalized spacial score (nSPS) is 16.6. The van der Waals surface area contributed by atoms with E-state index in [2.05, 4.69) is 9.88 Å². The number of ether oxygens (including phenoxy) is 1. The molecule has 4 aromatic rings. The Morgan fingerprint density at radius 2 is 1.65 bits per heavy atom. The van der Waals surface area contributed by atoms with E-state index < -0.39 is 11.9 Å². The Labute approximate surface area is 213 Å². The highest BCUT2D eigenvalue weighted by Crippen LogP contribution is 2.49. The number of ketones is 1. The quantitative estimate of drug-likeness (QED) is 0.362. The first-order valence-corrected chi connectivity index (χ1v) is 12.2. The van der Waals surface area contributed by atoms with E-state index in [0.29, 0.717) is 34.5 Å². The van der Waals surface area contributed by atoms with Crippen LogP contribution in [0, 0.1) is 12.7 Å². The number of hydrogen-bond acceptors (Lipinski definition) is 4. The predicted molar refractivity (Wildman–Crippen MR) is 140 cm³/mol. The fraction of sp³-hybridized carbons (Fsp3) is 0.161. The Kier molecular flexibility index (Phi) is 5.33. The molecule has 1 N–H and O–H groups in total. The van der Waals surface area contributed by atoms with Gasteiger partial charge in [-0.1, -0.05) is 60.7 Å². The van der Waals surface area contributed by atoms with Crippen molar-refractivity contribution in [2.45, 2.75) is 26.3 Å². The van der Waals surface area contributed by atoms with Crippen molar-refractivity contribution in [3.05, 3.63) is 123 Å². The van der Waals surface area contributed by atoms with Gasteiger partial charge in [0.25, 0.3) is 0 Å². The second-order valence-electron chi connectivity index (χ2n) is 9.45. The fourth-order valence-corrected chi connectivity index (χ4v) is 5.82. The molecule has 184 valence electrons. The zero-order valence-electron chi connectivity index (χ0n) is 20.8. The molecule has 0 amide bonds. The van der Waals surface area contributed by atoms with Gasteiger partial charge in [0.15, 0.2) is 5.78 Å². The molecule has 0 radical (unpaired) electrons. The van der Waals surface area contributed by atoms with Gasteiger partial charge >= 0.3 is 5.97 Å². The van der Waals surface area contributed by atoms with Crippen molar-refractivity contribution in [1.29, 1.82) is 0 Å². The maximum atomic E-state index is 14.7. The van der Waals surface area contributed by atoms with Gasteiger partial charge in [0.2, 0.25) is 0 Å². The average Bonchev–Trinajstić information content (AvgIpc) is 3.35. The number of hydrogen-bond donors (Lipinski definition) is 1. The summed E-state index contributed by atoms with van der Waals surface area (Å²) in [6.07, 6.45) is 0.